The summed E-state index contributed by atoms with van der Waals surface area (Å²) in [4.78, 5) is 0. The molecule has 0 atom stereocenters. The van der Waals surface area contributed by atoms with Crippen LogP contribution in [0.3, 0.4) is 0 Å². The lowest BCUT2D eigenvalue weighted by atomic mass is 10.2. The van der Waals surface area contributed by atoms with Crippen molar-refractivity contribution in [3.8, 4) is 5.82 Å². The van der Waals surface area contributed by atoms with E-state index in [0.717, 1.165) is 23.8 Å². The summed E-state index contributed by atoms with van der Waals surface area (Å²) in [5.41, 5.74) is 3.17. The van der Waals surface area contributed by atoms with Crippen LogP contribution in [0.4, 0.5) is 0 Å². The Morgan fingerprint density at radius 1 is 1.25 bits per heavy atom. The molecule has 16 heavy (non-hydrogen) atoms. The van der Waals surface area contributed by atoms with E-state index in [2.05, 4.69) is 20.6 Å². The van der Waals surface area contributed by atoms with Crippen molar-refractivity contribution in [1.29, 1.82) is 0 Å². The average molecular weight is 217 g/mol. The first-order valence-electron chi connectivity index (χ1n) is 5.21. The van der Waals surface area contributed by atoms with Crippen LogP contribution in [-0.4, -0.2) is 27.0 Å². The van der Waals surface area contributed by atoms with Crippen molar-refractivity contribution in [3.63, 3.8) is 0 Å². The molecule has 2 heterocycles. The molecule has 0 amide bonds. The minimum atomic E-state index is 0.755. The molecule has 0 spiro atoms. The molecule has 0 aliphatic heterocycles. The van der Waals surface area contributed by atoms with Crippen LogP contribution in [0.15, 0.2) is 18.3 Å². The van der Waals surface area contributed by atoms with Gasteiger partial charge in [0.05, 0.1) is 11.9 Å². The molecule has 0 saturated carbocycles. The summed E-state index contributed by atoms with van der Waals surface area (Å²) >= 11 is 0. The van der Waals surface area contributed by atoms with E-state index in [9.17, 15) is 0 Å². The van der Waals surface area contributed by atoms with Crippen LogP contribution >= 0.6 is 0 Å². The molecule has 2 aromatic heterocycles. The number of aromatic nitrogens is 4. The molecule has 0 radical (unpaired) electrons. The van der Waals surface area contributed by atoms with Crippen molar-refractivity contribution in [3.05, 3.63) is 35.3 Å². The molecule has 0 aliphatic carbocycles. The van der Waals surface area contributed by atoms with Crippen LogP contribution in [-0.2, 0) is 6.54 Å². The van der Waals surface area contributed by atoms with Crippen molar-refractivity contribution in [1.82, 2.24) is 25.3 Å². The smallest absolute Gasteiger partial charge is 0.175 e. The fourth-order valence-electron chi connectivity index (χ4n) is 1.54. The van der Waals surface area contributed by atoms with Gasteiger partial charge in [-0.15, -0.1) is 5.10 Å². The fourth-order valence-corrected chi connectivity index (χ4v) is 1.54. The van der Waals surface area contributed by atoms with Gasteiger partial charge in [0.25, 0.3) is 0 Å². The Kier molecular flexibility index (Phi) is 2.96. The van der Waals surface area contributed by atoms with Gasteiger partial charge in [-0.2, -0.15) is 10.2 Å². The second kappa shape index (κ2) is 4.40. The highest BCUT2D eigenvalue weighted by Gasteiger charge is 2.08. The molecule has 0 bridgehead atoms. The third-order valence-electron chi connectivity index (χ3n) is 2.48. The lowest BCUT2D eigenvalue weighted by Crippen LogP contribution is -2.07. The summed E-state index contributed by atoms with van der Waals surface area (Å²) in [7, 11) is 1.92. The van der Waals surface area contributed by atoms with E-state index in [-0.39, 0.29) is 0 Å². The zero-order valence-corrected chi connectivity index (χ0v) is 9.73. The van der Waals surface area contributed by atoms with Gasteiger partial charge in [0, 0.05) is 17.8 Å². The summed E-state index contributed by atoms with van der Waals surface area (Å²) < 4.78 is 1.80. The summed E-state index contributed by atoms with van der Waals surface area (Å²) in [6, 6.07) is 3.85. The maximum Gasteiger partial charge on any atom is 0.175 e. The summed E-state index contributed by atoms with van der Waals surface area (Å²) in [5, 5.41) is 15.6. The molecule has 2 aromatic rings. The lowest BCUT2D eigenvalue weighted by Gasteiger charge is -2.03. The Balaban J connectivity index is 2.37. The summed E-state index contributed by atoms with van der Waals surface area (Å²) in [6.45, 7) is 4.76. The van der Waals surface area contributed by atoms with Crippen LogP contribution in [0.1, 0.15) is 17.0 Å². The van der Waals surface area contributed by atoms with Crippen molar-refractivity contribution in [2.24, 2.45) is 0 Å². The summed E-state index contributed by atoms with van der Waals surface area (Å²) in [5.74, 6) is 0.755. The predicted molar refractivity (Wildman–Crippen MR) is 61.4 cm³/mol. The standard InChI is InChI=1S/C11H15N5/c1-8-4-5-11(15-14-8)16-9(2)10(6-12-3)7-13-16/h4-5,7,12H,6H2,1-3H3. The van der Waals surface area contributed by atoms with Crippen LogP contribution in [0.25, 0.3) is 5.82 Å². The van der Waals surface area contributed by atoms with Crippen molar-refractivity contribution in [2.75, 3.05) is 7.05 Å². The van der Waals surface area contributed by atoms with Gasteiger partial charge in [-0.25, -0.2) is 4.68 Å². The third-order valence-corrected chi connectivity index (χ3v) is 2.48. The van der Waals surface area contributed by atoms with E-state index in [1.807, 2.05) is 39.2 Å². The highest BCUT2D eigenvalue weighted by molar-refractivity contribution is 5.27. The van der Waals surface area contributed by atoms with Gasteiger partial charge in [-0.3, -0.25) is 0 Å². The molecule has 5 heteroatoms. The van der Waals surface area contributed by atoms with Gasteiger partial charge < -0.3 is 5.32 Å². The maximum atomic E-state index is 4.31. The minimum Gasteiger partial charge on any atom is -0.316 e. The average Bonchev–Trinajstić information content (AvgIpc) is 2.63. The minimum absolute atomic E-state index is 0.755. The number of hydrogen-bond donors (Lipinski definition) is 1. The summed E-state index contributed by atoms with van der Waals surface area (Å²) in [6.07, 6.45) is 1.85. The topological polar surface area (TPSA) is 55.6 Å². The SMILES string of the molecule is CNCc1cnn(-c2ccc(C)nn2)c1C. The predicted octanol–water partition coefficient (Wildman–Crippen LogP) is 0.999. The third kappa shape index (κ3) is 1.94. The van der Waals surface area contributed by atoms with E-state index < -0.39 is 0 Å². The van der Waals surface area contributed by atoms with Gasteiger partial charge in [-0.05, 0) is 33.0 Å². The Morgan fingerprint density at radius 2 is 2.06 bits per heavy atom. The fraction of sp³-hybridized carbons (Fsp3) is 0.364. The molecule has 2 rings (SSSR count). The Morgan fingerprint density at radius 3 is 2.69 bits per heavy atom. The van der Waals surface area contributed by atoms with Gasteiger partial charge in [-0.1, -0.05) is 0 Å². The van der Waals surface area contributed by atoms with Gasteiger partial charge in [0.15, 0.2) is 5.82 Å². The first-order valence-corrected chi connectivity index (χ1v) is 5.21. The number of aryl methyl sites for hydroxylation is 1. The van der Waals surface area contributed by atoms with Crippen LogP contribution < -0.4 is 5.32 Å². The highest BCUT2D eigenvalue weighted by atomic mass is 15.3. The molecular formula is C11H15N5. The molecular weight excluding hydrogens is 202 g/mol. The zero-order chi connectivity index (χ0) is 11.5. The number of nitrogens with zero attached hydrogens (tertiary/aromatic N) is 4. The number of nitrogens with one attached hydrogen (secondary N) is 1. The van der Waals surface area contributed by atoms with Crippen molar-refractivity contribution < 1.29 is 0 Å². The second-order valence-corrected chi connectivity index (χ2v) is 3.73. The second-order valence-electron chi connectivity index (χ2n) is 3.73. The quantitative estimate of drug-likeness (QED) is 0.833. The molecule has 84 valence electrons. The maximum absolute atomic E-state index is 4.31. The van der Waals surface area contributed by atoms with Crippen LogP contribution in [0, 0.1) is 13.8 Å². The van der Waals surface area contributed by atoms with E-state index in [0.29, 0.717) is 0 Å². The van der Waals surface area contributed by atoms with Gasteiger partial charge in [0.2, 0.25) is 0 Å². The highest BCUT2D eigenvalue weighted by Crippen LogP contribution is 2.11. The van der Waals surface area contributed by atoms with E-state index in [1.54, 1.807) is 4.68 Å². The van der Waals surface area contributed by atoms with E-state index >= 15 is 0 Å². The Labute approximate surface area is 94.5 Å². The lowest BCUT2D eigenvalue weighted by molar-refractivity contribution is 0.773. The molecule has 0 aromatic carbocycles. The molecule has 1 N–H and O–H groups in total. The number of hydrogen-bond acceptors (Lipinski definition) is 4. The Hall–Kier alpha value is -1.75. The van der Waals surface area contributed by atoms with Crippen molar-refractivity contribution in [2.45, 2.75) is 20.4 Å². The molecule has 5 nitrogen and oxygen atoms in total. The largest absolute Gasteiger partial charge is 0.316 e. The van der Waals surface area contributed by atoms with E-state index in [1.165, 1.54) is 5.56 Å². The molecule has 0 saturated heterocycles. The molecule has 0 aliphatic rings. The normalized spacial score (nSPS) is 10.7. The Bertz CT molecular complexity index is 472. The van der Waals surface area contributed by atoms with Gasteiger partial charge in [0.1, 0.15) is 0 Å². The van der Waals surface area contributed by atoms with Gasteiger partial charge >= 0.3 is 0 Å². The van der Waals surface area contributed by atoms with Crippen LogP contribution in [0.2, 0.25) is 0 Å². The van der Waals surface area contributed by atoms with E-state index in [4.69, 9.17) is 0 Å². The number of rotatable bonds is 3. The van der Waals surface area contributed by atoms with Crippen LogP contribution in [0.5, 0.6) is 0 Å². The first-order chi connectivity index (χ1) is 7.72. The first kappa shape index (κ1) is 10.8. The molecule has 0 unspecified atom stereocenters. The zero-order valence-electron chi connectivity index (χ0n) is 9.73. The molecule has 0 fully saturated rings. The van der Waals surface area contributed by atoms with Crippen molar-refractivity contribution >= 4 is 0 Å². The monoisotopic (exact) mass is 217 g/mol.